The van der Waals surface area contributed by atoms with Gasteiger partial charge in [-0.05, 0) is 19.4 Å². The largest absolute Gasteiger partial charge is 0.357 e. The van der Waals surface area contributed by atoms with Crippen LogP contribution in [-0.2, 0) is 13.0 Å². The number of aryl methyl sites for hydroxylation is 1. The van der Waals surface area contributed by atoms with Crippen LogP contribution in [0.3, 0.4) is 0 Å². The molecule has 6 nitrogen and oxygen atoms in total. The fourth-order valence-electron chi connectivity index (χ4n) is 2.36. The summed E-state index contributed by atoms with van der Waals surface area (Å²) in [7, 11) is 0. The highest BCUT2D eigenvalue weighted by molar-refractivity contribution is 5.80. The number of rotatable bonds is 7. The monoisotopic (exact) mass is 314 g/mol. The molecule has 0 radical (unpaired) electrons. The highest BCUT2D eigenvalue weighted by Gasteiger charge is 2.07. The first kappa shape index (κ1) is 17.0. The van der Waals surface area contributed by atoms with Crippen LogP contribution in [0, 0.1) is 0 Å². The topological polar surface area (TPSA) is 67.1 Å². The number of nitrogens with one attached hydrogen (secondary N) is 2. The molecule has 0 bridgehead atoms. The van der Waals surface area contributed by atoms with Gasteiger partial charge >= 0.3 is 0 Å². The smallest absolute Gasteiger partial charge is 0.191 e. The average molecular weight is 314 g/mol. The minimum Gasteiger partial charge on any atom is -0.357 e. The summed E-state index contributed by atoms with van der Waals surface area (Å²) < 4.78 is 2.05. The van der Waals surface area contributed by atoms with E-state index in [2.05, 4.69) is 70.9 Å². The third kappa shape index (κ3) is 5.09. The molecular weight excluding hydrogens is 288 g/mol. The number of aliphatic imine (C=N–C) groups is 1. The Morgan fingerprint density at radius 2 is 2.04 bits per heavy atom. The Balaban J connectivity index is 1.94. The predicted molar refractivity (Wildman–Crippen MR) is 93.4 cm³/mol. The van der Waals surface area contributed by atoms with Crippen molar-refractivity contribution in [1.82, 2.24) is 25.4 Å². The van der Waals surface area contributed by atoms with Gasteiger partial charge in [0.25, 0.3) is 0 Å². The molecule has 0 aliphatic carbocycles. The molecule has 2 aromatic rings. The van der Waals surface area contributed by atoms with Gasteiger partial charge < -0.3 is 15.2 Å². The van der Waals surface area contributed by atoms with Gasteiger partial charge in [-0.2, -0.15) is 0 Å². The van der Waals surface area contributed by atoms with Crippen molar-refractivity contribution in [2.75, 3.05) is 13.1 Å². The van der Waals surface area contributed by atoms with Gasteiger partial charge in [0.15, 0.2) is 5.96 Å². The molecule has 1 aromatic carbocycles. The van der Waals surface area contributed by atoms with Crippen molar-refractivity contribution in [3.8, 4) is 0 Å². The van der Waals surface area contributed by atoms with E-state index in [1.54, 1.807) is 6.33 Å². The van der Waals surface area contributed by atoms with Gasteiger partial charge in [0.2, 0.25) is 0 Å². The van der Waals surface area contributed by atoms with E-state index in [1.807, 2.05) is 10.6 Å². The van der Waals surface area contributed by atoms with E-state index in [4.69, 9.17) is 0 Å². The summed E-state index contributed by atoms with van der Waals surface area (Å²) in [5.74, 6) is 1.82. The maximum Gasteiger partial charge on any atom is 0.191 e. The molecule has 1 unspecified atom stereocenters. The van der Waals surface area contributed by atoms with Crippen LogP contribution in [0.25, 0.3) is 0 Å². The zero-order valence-corrected chi connectivity index (χ0v) is 14.2. The molecule has 0 aliphatic rings. The summed E-state index contributed by atoms with van der Waals surface area (Å²) in [5.41, 5.74) is 1.24. The quantitative estimate of drug-likeness (QED) is 0.607. The highest BCUT2D eigenvalue weighted by atomic mass is 15.3. The number of hydrogen-bond acceptors (Lipinski definition) is 3. The van der Waals surface area contributed by atoms with Crippen LogP contribution < -0.4 is 10.6 Å². The zero-order chi connectivity index (χ0) is 16.5. The number of aromatic nitrogens is 3. The minimum absolute atomic E-state index is 0.204. The van der Waals surface area contributed by atoms with Gasteiger partial charge in [-0.3, -0.25) is 4.99 Å². The molecule has 0 saturated carbocycles. The number of guanidine groups is 1. The van der Waals surface area contributed by atoms with Crippen molar-refractivity contribution in [3.63, 3.8) is 0 Å². The second-order valence-corrected chi connectivity index (χ2v) is 5.33. The standard InChI is InChI=1S/C17H26N6/c1-4-16-22-20-13-23(16)12-11-19-17(18-5-2)21-14(3)15-9-7-6-8-10-15/h6-10,13-14H,4-5,11-12H2,1-3H3,(H2,18,19,21). The van der Waals surface area contributed by atoms with E-state index in [9.17, 15) is 0 Å². The van der Waals surface area contributed by atoms with Crippen LogP contribution in [-0.4, -0.2) is 33.8 Å². The summed E-state index contributed by atoms with van der Waals surface area (Å²) in [5, 5.41) is 14.8. The molecule has 23 heavy (non-hydrogen) atoms. The van der Waals surface area contributed by atoms with E-state index >= 15 is 0 Å². The maximum absolute atomic E-state index is 4.65. The lowest BCUT2D eigenvalue weighted by Gasteiger charge is -2.18. The van der Waals surface area contributed by atoms with E-state index in [-0.39, 0.29) is 6.04 Å². The average Bonchev–Trinajstić information content (AvgIpc) is 3.03. The van der Waals surface area contributed by atoms with Gasteiger partial charge in [-0.1, -0.05) is 37.3 Å². The van der Waals surface area contributed by atoms with Crippen LogP contribution >= 0.6 is 0 Å². The lowest BCUT2D eigenvalue weighted by atomic mass is 10.1. The molecule has 1 aromatic heterocycles. The van der Waals surface area contributed by atoms with Crippen molar-refractivity contribution in [2.24, 2.45) is 4.99 Å². The molecule has 0 saturated heterocycles. The summed E-state index contributed by atoms with van der Waals surface area (Å²) in [4.78, 5) is 4.65. The molecule has 6 heteroatoms. The van der Waals surface area contributed by atoms with Crippen LogP contribution in [0.15, 0.2) is 41.7 Å². The van der Waals surface area contributed by atoms with Gasteiger partial charge in [0, 0.05) is 19.5 Å². The first-order valence-electron chi connectivity index (χ1n) is 8.21. The van der Waals surface area contributed by atoms with Crippen molar-refractivity contribution >= 4 is 5.96 Å². The van der Waals surface area contributed by atoms with Crippen LogP contribution in [0.2, 0.25) is 0 Å². The second kappa shape index (κ2) is 8.92. The van der Waals surface area contributed by atoms with E-state index in [0.717, 1.165) is 31.3 Å². The number of hydrogen-bond donors (Lipinski definition) is 2. The molecule has 1 atom stereocenters. The molecule has 1 heterocycles. The van der Waals surface area contributed by atoms with Gasteiger partial charge in [-0.25, -0.2) is 0 Å². The lowest BCUT2D eigenvalue weighted by Crippen LogP contribution is -2.39. The Kier molecular flexibility index (Phi) is 6.59. The first-order valence-corrected chi connectivity index (χ1v) is 8.21. The second-order valence-electron chi connectivity index (χ2n) is 5.33. The number of nitrogens with zero attached hydrogens (tertiary/aromatic N) is 4. The Labute approximate surface area is 138 Å². The Bertz CT molecular complexity index is 605. The molecule has 0 spiro atoms. The van der Waals surface area contributed by atoms with Crippen molar-refractivity contribution < 1.29 is 0 Å². The number of benzene rings is 1. The Morgan fingerprint density at radius 3 is 2.74 bits per heavy atom. The van der Waals surface area contributed by atoms with Crippen molar-refractivity contribution in [3.05, 3.63) is 48.0 Å². The zero-order valence-electron chi connectivity index (χ0n) is 14.2. The predicted octanol–water partition coefficient (Wildman–Crippen LogP) is 2.16. The van der Waals surface area contributed by atoms with Crippen LogP contribution in [0.1, 0.15) is 38.2 Å². The summed E-state index contributed by atoms with van der Waals surface area (Å²) in [6.07, 6.45) is 2.65. The van der Waals surface area contributed by atoms with Crippen molar-refractivity contribution in [2.45, 2.75) is 39.8 Å². The Morgan fingerprint density at radius 1 is 1.26 bits per heavy atom. The molecule has 0 amide bonds. The third-order valence-electron chi connectivity index (χ3n) is 3.62. The van der Waals surface area contributed by atoms with Gasteiger partial charge in [0.05, 0.1) is 12.6 Å². The third-order valence-corrected chi connectivity index (χ3v) is 3.62. The van der Waals surface area contributed by atoms with Gasteiger partial charge in [0.1, 0.15) is 12.2 Å². The van der Waals surface area contributed by atoms with Crippen LogP contribution in [0.4, 0.5) is 0 Å². The van der Waals surface area contributed by atoms with E-state index in [0.29, 0.717) is 6.54 Å². The lowest BCUT2D eigenvalue weighted by molar-refractivity contribution is 0.649. The summed E-state index contributed by atoms with van der Waals surface area (Å²) >= 11 is 0. The molecular formula is C17H26N6. The van der Waals surface area contributed by atoms with Crippen molar-refractivity contribution in [1.29, 1.82) is 0 Å². The van der Waals surface area contributed by atoms with E-state index < -0.39 is 0 Å². The first-order chi connectivity index (χ1) is 11.2. The van der Waals surface area contributed by atoms with Crippen LogP contribution in [0.5, 0.6) is 0 Å². The molecule has 0 fully saturated rings. The molecule has 2 rings (SSSR count). The fraction of sp³-hybridized carbons (Fsp3) is 0.471. The van der Waals surface area contributed by atoms with E-state index in [1.165, 1.54) is 5.56 Å². The molecule has 0 aliphatic heterocycles. The normalized spacial score (nSPS) is 12.9. The molecule has 124 valence electrons. The summed E-state index contributed by atoms with van der Waals surface area (Å²) in [6, 6.07) is 10.6. The maximum atomic E-state index is 4.65. The fourth-order valence-corrected chi connectivity index (χ4v) is 2.36. The SMILES string of the molecule is CCNC(=NCCn1cnnc1CC)NC(C)c1ccccc1. The Hall–Kier alpha value is -2.37. The highest BCUT2D eigenvalue weighted by Crippen LogP contribution is 2.10. The van der Waals surface area contributed by atoms with Gasteiger partial charge in [-0.15, -0.1) is 10.2 Å². The molecule has 2 N–H and O–H groups in total. The summed E-state index contributed by atoms with van der Waals surface area (Å²) in [6.45, 7) is 8.59. The minimum atomic E-state index is 0.204.